The van der Waals surface area contributed by atoms with Gasteiger partial charge < -0.3 is 10.6 Å². The fourth-order valence-corrected chi connectivity index (χ4v) is 1.80. The van der Waals surface area contributed by atoms with Gasteiger partial charge in [-0.05, 0) is 12.1 Å². The van der Waals surface area contributed by atoms with Crippen LogP contribution in [0.25, 0.3) is 5.69 Å². The lowest BCUT2D eigenvalue weighted by molar-refractivity contribution is 0.930. The third kappa shape index (κ3) is 1.25. The summed E-state index contributed by atoms with van der Waals surface area (Å²) in [5.74, 6) is 0.770. The Morgan fingerprint density at radius 1 is 1.19 bits per heavy atom. The quantitative estimate of drug-likeness (QED) is 0.744. The predicted molar refractivity (Wildman–Crippen MR) is 61.9 cm³/mol. The number of fused-ring (bicyclic) bond motifs is 1. The third-order valence-electron chi connectivity index (χ3n) is 2.52. The second kappa shape index (κ2) is 3.37. The van der Waals surface area contributed by atoms with E-state index in [1.165, 1.54) is 0 Å². The topological polar surface area (TPSA) is 59.0 Å². The first-order valence-electron chi connectivity index (χ1n) is 5.01. The Kier molecular flexibility index (Phi) is 1.89. The zero-order chi connectivity index (χ0) is 11.0. The smallest absolute Gasteiger partial charge is 0.353 e. The molecule has 2 heterocycles. The van der Waals surface area contributed by atoms with Crippen molar-refractivity contribution >= 4 is 11.5 Å². The van der Waals surface area contributed by atoms with Crippen LogP contribution in [0.1, 0.15) is 0 Å². The number of anilines is 2. The number of para-hydroxylation sites is 1. The summed E-state index contributed by atoms with van der Waals surface area (Å²) >= 11 is 0. The Morgan fingerprint density at radius 3 is 2.81 bits per heavy atom. The number of aromatic nitrogens is 2. The first-order valence-corrected chi connectivity index (χ1v) is 5.01. The van der Waals surface area contributed by atoms with Crippen LogP contribution in [0.4, 0.5) is 11.5 Å². The maximum atomic E-state index is 11.8. The van der Waals surface area contributed by atoms with Gasteiger partial charge in [-0.2, -0.15) is 4.98 Å². The van der Waals surface area contributed by atoms with Crippen LogP contribution in [0.3, 0.4) is 0 Å². The van der Waals surface area contributed by atoms with Crippen molar-refractivity contribution in [2.45, 2.75) is 0 Å². The molecule has 0 atom stereocenters. The van der Waals surface area contributed by atoms with Gasteiger partial charge in [0.25, 0.3) is 0 Å². The molecule has 0 saturated carbocycles. The van der Waals surface area contributed by atoms with Crippen molar-refractivity contribution in [3.63, 3.8) is 0 Å². The van der Waals surface area contributed by atoms with Crippen LogP contribution in [0.5, 0.6) is 0 Å². The number of nitrogens with one attached hydrogen (secondary N) is 2. The molecule has 2 N–H and O–H groups in total. The summed E-state index contributed by atoms with van der Waals surface area (Å²) in [7, 11) is 0. The highest BCUT2D eigenvalue weighted by atomic mass is 16.1. The molecule has 2 aromatic rings. The van der Waals surface area contributed by atoms with Crippen molar-refractivity contribution < 1.29 is 0 Å². The molecule has 0 unspecified atom stereocenters. The number of rotatable bonds is 1. The predicted octanol–water partition coefficient (Wildman–Crippen LogP) is 1.03. The summed E-state index contributed by atoms with van der Waals surface area (Å²) in [4.78, 5) is 15.6. The Bertz CT molecular complexity index is 576. The molecule has 0 saturated heterocycles. The highest BCUT2D eigenvalue weighted by Crippen LogP contribution is 2.25. The SMILES string of the molecule is O=c1ncc2c(n1-c1ccccc1)NCN2. The van der Waals surface area contributed by atoms with E-state index in [-0.39, 0.29) is 5.69 Å². The third-order valence-corrected chi connectivity index (χ3v) is 2.52. The molecular formula is C11H10N4O. The lowest BCUT2D eigenvalue weighted by Gasteiger charge is -2.09. The average molecular weight is 214 g/mol. The molecule has 0 spiro atoms. The van der Waals surface area contributed by atoms with Gasteiger partial charge in [-0.15, -0.1) is 0 Å². The van der Waals surface area contributed by atoms with Gasteiger partial charge in [0, 0.05) is 0 Å². The van der Waals surface area contributed by atoms with Crippen molar-refractivity contribution in [1.29, 1.82) is 0 Å². The Balaban J connectivity index is 2.29. The second-order valence-corrected chi connectivity index (χ2v) is 3.50. The molecule has 0 fully saturated rings. The summed E-state index contributed by atoms with van der Waals surface area (Å²) in [5, 5.41) is 6.22. The summed E-state index contributed by atoms with van der Waals surface area (Å²) in [5.41, 5.74) is 1.39. The summed E-state index contributed by atoms with van der Waals surface area (Å²) < 4.78 is 1.56. The van der Waals surface area contributed by atoms with E-state index in [0.29, 0.717) is 6.67 Å². The Morgan fingerprint density at radius 2 is 2.00 bits per heavy atom. The van der Waals surface area contributed by atoms with Crippen molar-refractivity contribution in [3.8, 4) is 5.69 Å². The zero-order valence-electron chi connectivity index (χ0n) is 8.47. The molecule has 0 amide bonds. The Hall–Kier alpha value is -2.30. The summed E-state index contributed by atoms with van der Waals surface area (Å²) in [6.07, 6.45) is 1.55. The van der Waals surface area contributed by atoms with E-state index in [2.05, 4.69) is 15.6 Å². The van der Waals surface area contributed by atoms with Gasteiger partial charge in [0.15, 0.2) is 0 Å². The molecule has 5 heteroatoms. The molecule has 1 aromatic heterocycles. The maximum absolute atomic E-state index is 11.8. The lowest BCUT2D eigenvalue weighted by atomic mass is 10.3. The second-order valence-electron chi connectivity index (χ2n) is 3.50. The highest BCUT2D eigenvalue weighted by Gasteiger charge is 2.16. The Labute approximate surface area is 91.8 Å². The minimum absolute atomic E-state index is 0.277. The van der Waals surface area contributed by atoms with E-state index in [1.807, 2.05) is 30.3 Å². The minimum atomic E-state index is -0.277. The van der Waals surface area contributed by atoms with Gasteiger partial charge in [-0.25, -0.2) is 9.36 Å². The summed E-state index contributed by atoms with van der Waals surface area (Å²) in [6.45, 7) is 0.618. The van der Waals surface area contributed by atoms with Crippen LogP contribution in [-0.4, -0.2) is 16.2 Å². The first-order chi connectivity index (χ1) is 7.86. The molecule has 0 radical (unpaired) electrons. The normalized spacial score (nSPS) is 12.8. The number of benzene rings is 1. The summed E-state index contributed by atoms with van der Waals surface area (Å²) in [6, 6.07) is 9.45. The van der Waals surface area contributed by atoms with Gasteiger partial charge >= 0.3 is 5.69 Å². The molecule has 1 aromatic carbocycles. The molecule has 1 aliphatic heterocycles. The molecule has 16 heavy (non-hydrogen) atoms. The van der Waals surface area contributed by atoms with Gasteiger partial charge in [0.1, 0.15) is 5.82 Å². The van der Waals surface area contributed by atoms with Crippen LogP contribution in [-0.2, 0) is 0 Å². The van der Waals surface area contributed by atoms with Crippen molar-refractivity contribution in [1.82, 2.24) is 9.55 Å². The van der Waals surface area contributed by atoms with Crippen LogP contribution in [0, 0.1) is 0 Å². The molecule has 80 valence electrons. The van der Waals surface area contributed by atoms with E-state index in [9.17, 15) is 4.79 Å². The van der Waals surface area contributed by atoms with Crippen molar-refractivity contribution in [2.24, 2.45) is 0 Å². The zero-order valence-corrected chi connectivity index (χ0v) is 8.47. The van der Waals surface area contributed by atoms with Crippen LogP contribution >= 0.6 is 0 Å². The van der Waals surface area contributed by atoms with Gasteiger partial charge in [-0.1, -0.05) is 18.2 Å². The average Bonchev–Trinajstić information content (AvgIpc) is 2.78. The number of hydrogen-bond acceptors (Lipinski definition) is 4. The van der Waals surface area contributed by atoms with Crippen LogP contribution in [0.15, 0.2) is 41.3 Å². The van der Waals surface area contributed by atoms with Crippen molar-refractivity contribution in [2.75, 3.05) is 17.3 Å². The lowest BCUT2D eigenvalue weighted by Crippen LogP contribution is -2.22. The number of hydrogen-bond donors (Lipinski definition) is 2. The molecule has 1 aliphatic rings. The largest absolute Gasteiger partial charge is 0.364 e. The highest BCUT2D eigenvalue weighted by molar-refractivity contribution is 5.70. The van der Waals surface area contributed by atoms with Crippen LogP contribution < -0.4 is 16.3 Å². The van der Waals surface area contributed by atoms with Gasteiger partial charge in [0.05, 0.1) is 24.2 Å². The fraction of sp³-hybridized carbons (Fsp3) is 0.0909. The molecule has 0 bridgehead atoms. The van der Waals surface area contributed by atoms with Gasteiger partial charge in [0.2, 0.25) is 0 Å². The standard InChI is InChI=1S/C11H10N4O/c16-11-12-6-9-10(14-7-13-9)15(11)8-4-2-1-3-5-8/h1-6,13-14H,7H2. The monoisotopic (exact) mass is 214 g/mol. The molecule has 5 nitrogen and oxygen atoms in total. The van der Waals surface area contributed by atoms with Gasteiger partial charge in [-0.3, -0.25) is 0 Å². The molecular weight excluding hydrogens is 204 g/mol. The maximum Gasteiger partial charge on any atom is 0.353 e. The fourth-order valence-electron chi connectivity index (χ4n) is 1.80. The van der Waals surface area contributed by atoms with E-state index < -0.39 is 0 Å². The minimum Gasteiger partial charge on any atom is -0.364 e. The van der Waals surface area contributed by atoms with Crippen molar-refractivity contribution in [3.05, 3.63) is 47.0 Å². The van der Waals surface area contributed by atoms with Crippen LogP contribution in [0.2, 0.25) is 0 Å². The van der Waals surface area contributed by atoms with E-state index >= 15 is 0 Å². The van der Waals surface area contributed by atoms with E-state index in [1.54, 1.807) is 10.8 Å². The number of nitrogens with zero attached hydrogens (tertiary/aromatic N) is 2. The first kappa shape index (κ1) is 8.96. The van der Waals surface area contributed by atoms with E-state index in [0.717, 1.165) is 17.2 Å². The van der Waals surface area contributed by atoms with E-state index in [4.69, 9.17) is 0 Å². The molecule has 0 aliphatic carbocycles. The molecule has 3 rings (SSSR count).